The van der Waals surface area contributed by atoms with Crippen LogP contribution in [-0.2, 0) is 4.74 Å². The van der Waals surface area contributed by atoms with Crippen molar-refractivity contribution in [3.8, 4) is 0 Å². The van der Waals surface area contributed by atoms with Gasteiger partial charge in [0.1, 0.15) is 0 Å². The van der Waals surface area contributed by atoms with Gasteiger partial charge < -0.3 is 4.74 Å². The van der Waals surface area contributed by atoms with E-state index in [0.29, 0.717) is 37.4 Å². The number of carbonyl (C=O) groups excluding carboxylic acids is 2. The standard InChI is InChI=1S/C18H18N2O3/c21-17(15-7-3-1-4-8-15)19-11-13-23-14-12-20(19)18(22)16-9-5-2-6-10-16/h1-10H,11-14H2. The molecule has 1 fully saturated rings. The number of hydrogen-bond donors (Lipinski definition) is 0. The second-order valence-electron chi connectivity index (χ2n) is 5.20. The maximum absolute atomic E-state index is 12.8. The minimum Gasteiger partial charge on any atom is -0.378 e. The van der Waals surface area contributed by atoms with Gasteiger partial charge in [0.2, 0.25) is 0 Å². The third-order valence-corrected chi connectivity index (χ3v) is 3.70. The molecule has 0 aliphatic carbocycles. The largest absolute Gasteiger partial charge is 0.378 e. The Morgan fingerprint density at radius 1 is 0.696 bits per heavy atom. The number of hydrogen-bond acceptors (Lipinski definition) is 3. The van der Waals surface area contributed by atoms with Crippen LogP contribution in [0.2, 0.25) is 0 Å². The van der Waals surface area contributed by atoms with Crippen molar-refractivity contribution < 1.29 is 14.3 Å². The van der Waals surface area contributed by atoms with E-state index in [1.54, 1.807) is 24.3 Å². The Bertz CT molecular complexity index is 614. The zero-order chi connectivity index (χ0) is 16.1. The molecule has 0 atom stereocenters. The molecular formula is C18H18N2O3. The van der Waals surface area contributed by atoms with Crippen molar-refractivity contribution in [2.75, 3.05) is 26.3 Å². The highest BCUT2D eigenvalue weighted by molar-refractivity contribution is 5.99. The summed E-state index contributed by atoms with van der Waals surface area (Å²) in [6.45, 7) is 1.53. The highest BCUT2D eigenvalue weighted by atomic mass is 16.5. The molecule has 0 N–H and O–H groups in total. The lowest BCUT2D eigenvalue weighted by molar-refractivity contribution is 0.00286. The van der Waals surface area contributed by atoms with Crippen molar-refractivity contribution >= 4 is 11.8 Å². The summed E-state index contributed by atoms with van der Waals surface area (Å²) in [4.78, 5) is 25.6. The van der Waals surface area contributed by atoms with Crippen LogP contribution in [0.15, 0.2) is 60.7 Å². The van der Waals surface area contributed by atoms with Gasteiger partial charge in [0, 0.05) is 11.1 Å². The first-order chi connectivity index (χ1) is 11.3. The molecule has 0 saturated carbocycles. The molecule has 1 heterocycles. The fraction of sp³-hybridized carbons (Fsp3) is 0.222. The molecule has 2 aromatic carbocycles. The molecule has 5 nitrogen and oxygen atoms in total. The minimum absolute atomic E-state index is 0.194. The van der Waals surface area contributed by atoms with Gasteiger partial charge in [0.05, 0.1) is 26.3 Å². The van der Waals surface area contributed by atoms with Gasteiger partial charge in [-0.2, -0.15) is 0 Å². The van der Waals surface area contributed by atoms with Crippen LogP contribution < -0.4 is 0 Å². The Labute approximate surface area is 135 Å². The molecular weight excluding hydrogens is 292 g/mol. The molecule has 2 aromatic rings. The van der Waals surface area contributed by atoms with E-state index in [1.807, 2.05) is 36.4 Å². The highest BCUT2D eigenvalue weighted by Crippen LogP contribution is 2.14. The Morgan fingerprint density at radius 2 is 1.09 bits per heavy atom. The molecule has 118 valence electrons. The molecule has 23 heavy (non-hydrogen) atoms. The lowest BCUT2D eigenvalue weighted by Gasteiger charge is -2.32. The van der Waals surface area contributed by atoms with Crippen LogP contribution in [-0.4, -0.2) is 48.1 Å². The predicted molar refractivity (Wildman–Crippen MR) is 85.8 cm³/mol. The first-order valence-electron chi connectivity index (χ1n) is 7.59. The van der Waals surface area contributed by atoms with Gasteiger partial charge in [-0.25, -0.2) is 10.0 Å². The molecule has 0 radical (unpaired) electrons. The molecule has 1 aliphatic rings. The van der Waals surface area contributed by atoms with E-state index in [9.17, 15) is 9.59 Å². The van der Waals surface area contributed by atoms with Gasteiger partial charge in [0.15, 0.2) is 0 Å². The number of amides is 2. The lowest BCUT2D eigenvalue weighted by atomic mass is 10.2. The first-order valence-corrected chi connectivity index (χ1v) is 7.59. The third kappa shape index (κ3) is 3.40. The van der Waals surface area contributed by atoms with Crippen LogP contribution in [0.1, 0.15) is 20.7 Å². The van der Waals surface area contributed by atoms with E-state index in [1.165, 1.54) is 10.0 Å². The summed E-state index contributed by atoms with van der Waals surface area (Å²) in [6.07, 6.45) is 0. The fourth-order valence-electron chi connectivity index (χ4n) is 2.53. The SMILES string of the molecule is O=C(c1ccccc1)N1CCOCCN1C(=O)c1ccccc1. The van der Waals surface area contributed by atoms with Crippen LogP contribution in [0.3, 0.4) is 0 Å². The fourth-order valence-corrected chi connectivity index (χ4v) is 2.53. The first kappa shape index (κ1) is 15.2. The summed E-state index contributed by atoms with van der Waals surface area (Å²) in [5.74, 6) is -0.388. The predicted octanol–water partition coefficient (Wildman–Crippen LogP) is 2.22. The number of rotatable bonds is 2. The molecule has 1 saturated heterocycles. The zero-order valence-electron chi connectivity index (χ0n) is 12.7. The molecule has 0 unspecified atom stereocenters. The van der Waals surface area contributed by atoms with Gasteiger partial charge in [-0.05, 0) is 24.3 Å². The molecule has 3 rings (SSSR count). The van der Waals surface area contributed by atoms with E-state index in [0.717, 1.165) is 0 Å². The molecule has 1 aliphatic heterocycles. The van der Waals surface area contributed by atoms with Gasteiger partial charge in [-0.3, -0.25) is 9.59 Å². The monoisotopic (exact) mass is 310 g/mol. The minimum atomic E-state index is -0.194. The lowest BCUT2D eigenvalue weighted by Crippen LogP contribution is -2.50. The van der Waals surface area contributed by atoms with Crippen LogP contribution >= 0.6 is 0 Å². The summed E-state index contributed by atoms with van der Waals surface area (Å²) in [7, 11) is 0. The van der Waals surface area contributed by atoms with Crippen LogP contribution in [0.4, 0.5) is 0 Å². The van der Waals surface area contributed by atoms with E-state index in [2.05, 4.69) is 0 Å². The van der Waals surface area contributed by atoms with Gasteiger partial charge in [-0.15, -0.1) is 0 Å². The van der Waals surface area contributed by atoms with Crippen LogP contribution in [0, 0.1) is 0 Å². The van der Waals surface area contributed by atoms with E-state index < -0.39 is 0 Å². The Hall–Kier alpha value is -2.66. The zero-order valence-corrected chi connectivity index (χ0v) is 12.7. The molecule has 2 amide bonds. The summed E-state index contributed by atoms with van der Waals surface area (Å²) in [5.41, 5.74) is 1.11. The van der Waals surface area contributed by atoms with Crippen molar-refractivity contribution in [3.05, 3.63) is 71.8 Å². The summed E-state index contributed by atoms with van der Waals surface area (Å²) < 4.78 is 5.44. The van der Waals surface area contributed by atoms with Crippen molar-refractivity contribution in [2.24, 2.45) is 0 Å². The highest BCUT2D eigenvalue weighted by Gasteiger charge is 2.29. The number of benzene rings is 2. The Morgan fingerprint density at radius 3 is 1.48 bits per heavy atom. The molecule has 0 bridgehead atoms. The van der Waals surface area contributed by atoms with Crippen LogP contribution in [0.25, 0.3) is 0 Å². The summed E-state index contributed by atoms with van der Waals surface area (Å²) >= 11 is 0. The topological polar surface area (TPSA) is 49.9 Å². The maximum Gasteiger partial charge on any atom is 0.272 e. The van der Waals surface area contributed by atoms with E-state index in [-0.39, 0.29) is 11.8 Å². The van der Waals surface area contributed by atoms with Crippen molar-refractivity contribution in [2.45, 2.75) is 0 Å². The number of ether oxygens (including phenoxy) is 1. The van der Waals surface area contributed by atoms with Gasteiger partial charge in [0.25, 0.3) is 11.8 Å². The van der Waals surface area contributed by atoms with Gasteiger partial charge in [-0.1, -0.05) is 36.4 Å². The van der Waals surface area contributed by atoms with Crippen molar-refractivity contribution in [1.82, 2.24) is 10.0 Å². The van der Waals surface area contributed by atoms with E-state index >= 15 is 0 Å². The number of nitrogens with zero attached hydrogens (tertiary/aromatic N) is 2. The van der Waals surface area contributed by atoms with Crippen molar-refractivity contribution in [1.29, 1.82) is 0 Å². The van der Waals surface area contributed by atoms with Crippen molar-refractivity contribution in [3.63, 3.8) is 0 Å². The maximum atomic E-state index is 12.8. The normalized spacial score (nSPS) is 15.1. The average molecular weight is 310 g/mol. The molecule has 5 heteroatoms. The quantitative estimate of drug-likeness (QED) is 0.854. The Balaban J connectivity index is 1.89. The van der Waals surface area contributed by atoms with Crippen LogP contribution in [0.5, 0.6) is 0 Å². The Kier molecular flexibility index (Phi) is 4.68. The third-order valence-electron chi connectivity index (χ3n) is 3.70. The number of hydrazine groups is 1. The molecule has 0 spiro atoms. The summed E-state index contributed by atoms with van der Waals surface area (Å²) in [6, 6.07) is 18.0. The second-order valence-corrected chi connectivity index (χ2v) is 5.20. The average Bonchev–Trinajstić information content (AvgIpc) is 2.88. The second kappa shape index (κ2) is 7.07. The van der Waals surface area contributed by atoms with E-state index in [4.69, 9.17) is 4.74 Å². The number of carbonyl (C=O) groups is 2. The summed E-state index contributed by atoms with van der Waals surface area (Å²) in [5, 5.41) is 2.97. The molecule has 0 aromatic heterocycles. The smallest absolute Gasteiger partial charge is 0.272 e. The van der Waals surface area contributed by atoms with Gasteiger partial charge >= 0.3 is 0 Å².